The van der Waals surface area contributed by atoms with Crippen LogP contribution in [0.5, 0.6) is 28.7 Å². The molecule has 0 radical (unpaired) electrons. The molecule has 4 bridgehead atoms. The van der Waals surface area contributed by atoms with E-state index in [4.69, 9.17) is 23.7 Å². The van der Waals surface area contributed by atoms with Crippen LogP contribution >= 0.6 is 11.8 Å². The van der Waals surface area contributed by atoms with Gasteiger partial charge in [0.15, 0.2) is 28.5 Å². The number of carbonyl (C=O) groups excluding carboxylic acids is 2. The number of fused-ring (bicyclic) bond motifs is 11. The van der Waals surface area contributed by atoms with Gasteiger partial charge >= 0.3 is 11.9 Å². The number of methoxy groups -OCH3 is 1. The molecule has 284 valence electrons. The number of piperazine rings is 1. The van der Waals surface area contributed by atoms with Crippen molar-refractivity contribution in [3.8, 4) is 34.8 Å². The van der Waals surface area contributed by atoms with Crippen molar-refractivity contribution in [3.05, 3.63) is 75.0 Å². The predicted molar refractivity (Wildman–Crippen MR) is 202 cm³/mol. The fourth-order valence-corrected chi connectivity index (χ4v) is 12.3. The van der Waals surface area contributed by atoms with Crippen LogP contribution in [-0.4, -0.2) is 89.8 Å². The van der Waals surface area contributed by atoms with Gasteiger partial charge < -0.3 is 33.8 Å². The highest BCUT2D eigenvalue weighted by molar-refractivity contribution is 7.99. The van der Waals surface area contributed by atoms with Gasteiger partial charge in [0.2, 0.25) is 6.79 Å². The molecule has 11 rings (SSSR count). The summed E-state index contributed by atoms with van der Waals surface area (Å²) in [5.74, 6) is 1.15. The van der Waals surface area contributed by atoms with Crippen LogP contribution < -0.4 is 24.3 Å². The number of ether oxygens (including phenoxy) is 5. The fraction of sp³-hybridized carbons (Fsp3) is 0.439. The number of aromatic hydroxyl groups is 1. The molecule has 2 saturated heterocycles. The van der Waals surface area contributed by atoms with Crippen molar-refractivity contribution in [2.45, 2.75) is 74.6 Å². The monoisotopic (exact) mass is 763 g/mol. The number of thioether (sulfide) groups is 1. The van der Waals surface area contributed by atoms with Crippen molar-refractivity contribution < 1.29 is 38.4 Å². The number of nitrogens with one attached hydrogen (secondary N) is 2. The summed E-state index contributed by atoms with van der Waals surface area (Å²) < 4.78 is 30.7. The first-order valence-corrected chi connectivity index (χ1v) is 19.7. The lowest BCUT2D eigenvalue weighted by atomic mass is 9.71. The third-order valence-corrected chi connectivity index (χ3v) is 14.3. The zero-order valence-corrected chi connectivity index (χ0v) is 32.0. The highest BCUT2D eigenvalue weighted by atomic mass is 32.2. The molecule has 14 heteroatoms. The number of benzene rings is 3. The molecule has 3 N–H and O–H groups in total. The lowest BCUT2D eigenvalue weighted by Gasteiger charge is -2.62. The van der Waals surface area contributed by atoms with Crippen molar-refractivity contribution in [2.75, 3.05) is 39.9 Å². The Kier molecular flexibility index (Phi) is 7.71. The number of hydrogen-bond donors (Lipinski definition) is 3. The molecule has 1 aromatic heterocycles. The normalized spacial score (nSPS) is 29.1. The molecule has 1 spiro atoms. The highest BCUT2D eigenvalue weighted by Crippen LogP contribution is 2.64. The molecule has 8 heterocycles. The maximum absolute atomic E-state index is 14.8. The molecule has 4 aromatic rings. The van der Waals surface area contributed by atoms with Crippen molar-refractivity contribution in [1.29, 1.82) is 5.26 Å². The Labute approximate surface area is 321 Å². The van der Waals surface area contributed by atoms with E-state index in [-0.39, 0.29) is 30.9 Å². The Morgan fingerprint density at radius 1 is 1.13 bits per heavy atom. The van der Waals surface area contributed by atoms with Crippen LogP contribution in [0.25, 0.3) is 10.9 Å². The first-order chi connectivity index (χ1) is 26.6. The van der Waals surface area contributed by atoms with Crippen molar-refractivity contribution in [1.82, 2.24) is 20.1 Å². The van der Waals surface area contributed by atoms with Crippen LogP contribution in [0.3, 0.4) is 0 Å². The number of hydrogen-bond acceptors (Lipinski definition) is 13. The van der Waals surface area contributed by atoms with Gasteiger partial charge in [0, 0.05) is 64.5 Å². The summed E-state index contributed by atoms with van der Waals surface area (Å²) in [6.07, 6.45) is 1.25. The van der Waals surface area contributed by atoms with E-state index in [1.54, 1.807) is 18.9 Å². The van der Waals surface area contributed by atoms with Crippen LogP contribution in [0.2, 0.25) is 0 Å². The van der Waals surface area contributed by atoms with Crippen molar-refractivity contribution in [2.24, 2.45) is 0 Å². The molecular weight excluding hydrogens is 723 g/mol. The Hall–Kier alpha value is -4.94. The Bertz CT molecular complexity index is 2390. The van der Waals surface area contributed by atoms with Crippen LogP contribution in [0, 0.1) is 25.2 Å². The number of carbonyl (C=O) groups is 2. The number of likely N-dealkylation sites (N-methyl/N-ethyl adjacent to an activating group) is 1. The van der Waals surface area contributed by atoms with E-state index in [1.807, 2.05) is 39.1 Å². The fourth-order valence-electron chi connectivity index (χ4n) is 10.6. The first kappa shape index (κ1) is 34.5. The highest BCUT2D eigenvalue weighted by Gasteiger charge is 2.62. The van der Waals surface area contributed by atoms with Gasteiger partial charge in [-0.2, -0.15) is 5.26 Å². The third-order valence-electron chi connectivity index (χ3n) is 12.8. The number of phenolic OH excluding ortho intramolecular Hbond substituents is 1. The first-order valence-electron chi connectivity index (χ1n) is 18.7. The maximum atomic E-state index is 14.8. The third kappa shape index (κ3) is 4.58. The molecule has 0 saturated carbocycles. The minimum Gasteiger partial charge on any atom is -0.504 e. The second kappa shape index (κ2) is 12.3. The number of aromatic amines is 1. The second-order valence-corrected chi connectivity index (χ2v) is 16.6. The molecule has 0 amide bonds. The molecule has 13 nitrogen and oxygen atoms in total. The molecule has 55 heavy (non-hydrogen) atoms. The average molecular weight is 764 g/mol. The number of phenols is 1. The van der Waals surface area contributed by atoms with Gasteiger partial charge in [0.05, 0.1) is 36.2 Å². The van der Waals surface area contributed by atoms with Gasteiger partial charge in [0.25, 0.3) is 0 Å². The number of aryl methyl sites for hydroxylation is 1. The number of para-hydroxylation sites is 1. The van der Waals surface area contributed by atoms with Crippen LogP contribution in [0.1, 0.15) is 68.9 Å². The molecule has 7 atom stereocenters. The van der Waals surface area contributed by atoms with Gasteiger partial charge in [-0.15, -0.1) is 11.8 Å². The summed E-state index contributed by atoms with van der Waals surface area (Å²) in [7, 11) is 3.57. The Morgan fingerprint density at radius 2 is 1.93 bits per heavy atom. The summed E-state index contributed by atoms with van der Waals surface area (Å²) in [5.41, 5.74) is 6.13. The van der Waals surface area contributed by atoms with E-state index >= 15 is 0 Å². The number of nitriles is 1. The number of aromatic nitrogens is 1. The van der Waals surface area contributed by atoms with Crippen molar-refractivity contribution >= 4 is 34.6 Å². The minimum absolute atomic E-state index is 0.0356. The van der Waals surface area contributed by atoms with E-state index in [9.17, 15) is 20.0 Å². The molecule has 7 aliphatic heterocycles. The second-order valence-electron chi connectivity index (χ2n) is 15.4. The van der Waals surface area contributed by atoms with E-state index < -0.39 is 46.9 Å². The molecule has 0 aliphatic carbocycles. The van der Waals surface area contributed by atoms with Gasteiger partial charge in [-0.3, -0.25) is 19.9 Å². The van der Waals surface area contributed by atoms with Crippen molar-refractivity contribution in [3.63, 3.8) is 0 Å². The van der Waals surface area contributed by atoms with E-state index in [2.05, 4.69) is 38.3 Å². The van der Waals surface area contributed by atoms with Gasteiger partial charge in [-0.25, -0.2) is 4.79 Å². The van der Waals surface area contributed by atoms with Gasteiger partial charge in [-0.05, 0) is 56.5 Å². The lowest BCUT2D eigenvalue weighted by molar-refractivity contribution is -0.157. The predicted octanol–water partition coefficient (Wildman–Crippen LogP) is 4.75. The Balaban J connectivity index is 1.25. The van der Waals surface area contributed by atoms with Crippen LogP contribution in [0.4, 0.5) is 0 Å². The minimum atomic E-state index is -1.24. The quantitative estimate of drug-likeness (QED) is 0.190. The summed E-state index contributed by atoms with van der Waals surface area (Å²) in [5, 5.41) is 27.4. The molecule has 7 aliphatic rings. The smallest absolute Gasteiger partial charge is 0.333 e. The molecule has 1 unspecified atom stereocenters. The summed E-state index contributed by atoms with van der Waals surface area (Å²) >= 11 is 1.56. The largest absolute Gasteiger partial charge is 0.504 e. The van der Waals surface area contributed by atoms with Crippen LogP contribution in [0.15, 0.2) is 30.3 Å². The number of H-pyrrole nitrogens is 1. The zero-order chi connectivity index (χ0) is 38.1. The zero-order valence-electron chi connectivity index (χ0n) is 31.1. The number of rotatable bonds is 2. The SMILES string of the molecule is COc1c(C)cc2c(c1O)[C@@H]1C3[C@@H]4SC[C@]5(NCCc6c5[nH]c5ccccc65)C(=O)OC[C@H](c5c6c(c(C)c(OC(C)=O)c54)OCO6)N3[C@@H](C#N)[C@H](C2)N1C. The van der Waals surface area contributed by atoms with Gasteiger partial charge in [-0.1, -0.05) is 24.3 Å². The molecule has 2 fully saturated rings. The van der Waals surface area contributed by atoms with E-state index in [1.165, 1.54) is 6.92 Å². The van der Waals surface area contributed by atoms with Crippen LogP contribution in [-0.2, 0) is 32.7 Å². The summed E-state index contributed by atoms with van der Waals surface area (Å²) in [6, 6.07) is 10.3. The standard InChI is InChI=1S/C41H41N5O8S/c1-18-12-21-13-25-26(14-42)46-27-15-51-40(49)41(39-23(10-11-43-41)22-8-6-7-9-24(22)44-39)16-55-38(32(46)31(45(25)4)28(21)33(48)34(18)50-5)30-29(27)37-36(52-17-53-37)19(2)35(30)54-20(3)47/h6-9,12,25-27,31-32,38,43-44,48H,10-11,13,15-17H2,1-5H3/t25-,26-,27+,31+,32?,38+,41+/m0/s1. The number of esters is 2. The summed E-state index contributed by atoms with van der Waals surface area (Å²) in [6.45, 7) is 5.56. The van der Waals surface area contributed by atoms with E-state index in [0.29, 0.717) is 47.1 Å². The molecule has 3 aromatic carbocycles. The number of nitrogens with zero attached hydrogens (tertiary/aromatic N) is 3. The average Bonchev–Trinajstić information content (AvgIpc) is 3.81. The Morgan fingerprint density at radius 3 is 2.71 bits per heavy atom. The summed E-state index contributed by atoms with van der Waals surface area (Å²) in [4.78, 5) is 35.8. The molecular formula is C41H41N5O8S. The topological polar surface area (TPSA) is 159 Å². The van der Waals surface area contributed by atoms with Gasteiger partial charge in [0.1, 0.15) is 18.4 Å². The maximum Gasteiger partial charge on any atom is 0.333 e. The lowest BCUT2D eigenvalue weighted by Crippen LogP contribution is -2.69. The van der Waals surface area contributed by atoms with E-state index in [0.717, 1.165) is 50.8 Å².